The van der Waals surface area contributed by atoms with Crippen molar-refractivity contribution in [1.82, 2.24) is 0 Å². The molecule has 0 nitrogen and oxygen atoms in total. The summed E-state index contributed by atoms with van der Waals surface area (Å²) >= 11 is -1.69. The number of halogens is 1. The van der Waals surface area contributed by atoms with Crippen LogP contribution in [-0.2, 0) is 15.0 Å². The first-order chi connectivity index (χ1) is 2.00. The summed E-state index contributed by atoms with van der Waals surface area (Å²) in [6, 6.07) is 0. The van der Waals surface area contributed by atoms with Gasteiger partial charge in [-0.25, -0.2) is 0 Å². The molecule has 0 fully saturated rings. The standard InChI is InChI=1S/3CH3.ClH.W/h3*1H3;1H;/q;;;;+1/p-1. The monoisotopic (exact) mass is 264 g/mol. The maximum atomic E-state index is 5.74. The van der Waals surface area contributed by atoms with E-state index in [1.54, 1.807) is 0 Å². The zero-order valence-corrected chi connectivity index (χ0v) is 7.48. The summed E-state index contributed by atoms with van der Waals surface area (Å²) in [6.07, 6.45) is 0. The summed E-state index contributed by atoms with van der Waals surface area (Å²) in [5.41, 5.74) is 0. The Kier molecular flexibility index (Phi) is 1.93. The van der Waals surface area contributed by atoms with Gasteiger partial charge in [-0.3, -0.25) is 0 Å². The van der Waals surface area contributed by atoms with Crippen molar-refractivity contribution < 1.29 is 15.0 Å². The van der Waals surface area contributed by atoms with Crippen LogP contribution in [0.5, 0.6) is 0 Å². The third-order valence-electron chi connectivity index (χ3n) is 0. The van der Waals surface area contributed by atoms with Gasteiger partial charge in [-0.05, 0) is 0 Å². The molecule has 0 unspecified atom stereocenters. The number of hydrogen-bond acceptors (Lipinski definition) is 0. The third-order valence-corrected chi connectivity index (χ3v) is 0. The fourth-order valence-electron chi connectivity index (χ4n) is 0. The Balaban J connectivity index is 3.02. The van der Waals surface area contributed by atoms with Gasteiger partial charge in [0.05, 0.1) is 0 Å². The number of hydrogen-bond donors (Lipinski definition) is 0. The molecule has 0 atom stereocenters. The van der Waals surface area contributed by atoms with Crippen LogP contribution in [0, 0.1) is 0 Å². The van der Waals surface area contributed by atoms with E-state index in [0.29, 0.717) is 0 Å². The van der Waals surface area contributed by atoms with Crippen LogP contribution >= 0.6 is 9.42 Å². The van der Waals surface area contributed by atoms with E-state index in [1.165, 1.54) is 0 Å². The van der Waals surface area contributed by atoms with Crippen molar-refractivity contribution in [1.29, 1.82) is 0 Å². The van der Waals surface area contributed by atoms with Crippen molar-refractivity contribution in [3.63, 3.8) is 0 Å². The molecule has 0 bridgehead atoms. The van der Waals surface area contributed by atoms with Crippen molar-refractivity contribution in [2.45, 2.75) is 15.9 Å². The molecule has 2 heteroatoms. The topological polar surface area (TPSA) is 0 Å². The first kappa shape index (κ1) is 5.98. The van der Waals surface area contributed by atoms with Gasteiger partial charge in [0, 0.05) is 0 Å². The van der Waals surface area contributed by atoms with Gasteiger partial charge in [0.1, 0.15) is 0 Å². The average molecular weight is 264 g/mol. The molecule has 0 aromatic heterocycles. The minimum absolute atomic E-state index is 1.69. The van der Waals surface area contributed by atoms with Gasteiger partial charge in [-0.1, -0.05) is 0 Å². The molecular formula is C3H9ClW. The molecule has 0 aliphatic rings. The Labute approximate surface area is 40.6 Å². The Bertz CT molecular complexity index is 22.4. The van der Waals surface area contributed by atoms with E-state index in [-0.39, 0.29) is 0 Å². The van der Waals surface area contributed by atoms with E-state index in [0.717, 1.165) is 0 Å². The summed E-state index contributed by atoms with van der Waals surface area (Å²) in [5.74, 6) is 0. The molecule has 0 saturated heterocycles. The van der Waals surface area contributed by atoms with Gasteiger partial charge in [0.2, 0.25) is 0 Å². The van der Waals surface area contributed by atoms with Gasteiger partial charge >= 0.3 is 40.4 Å². The van der Waals surface area contributed by atoms with Crippen molar-refractivity contribution in [3.05, 3.63) is 0 Å². The van der Waals surface area contributed by atoms with Crippen LogP contribution in [-0.4, -0.2) is 0 Å². The Hall–Kier alpha value is 0.978. The molecule has 0 rings (SSSR count). The zero-order chi connectivity index (χ0) is 4.50. The third kappa shape index (κ3) is 46.1. The molecule has 0 aliphatic heterocycles. The van der Waals surface area contributed by atoms with Gasteiger partial charge in [-0.15, -0.1) is 0 Å². The molecule has 0 radical (unpaired) electrons. The fraction of sp³-hybridized carbons (Fsp3) is 1.00. The van der Waals surface area contributed by atoms with E-state index < -0.39 is 15.0 Å². The van der Waals surface area contributed by atoms with E-state index in [1.807, 2.05) is 0 Å². The minimum atomic E-state index is -1.69. The van der Waals surface area contributed by atoms with Gasteiger partial charge < -0.3 is 0 Å². The average Bonchev–Trinajstić information content (AvgIpc) is 0.722. The number of rotatable bonds is 0. The second kappa shape index (κ2) is 1.62. The van der Waals surface area contributed by atoms with E-state index in [2.05, 4.69) is 15.9 Å². The normalized spacial score (nSPS) is 15.2. The SMILES string of the molecule is [CH3][W]([CH3])([CH3])[Cl]. The molecule has 0 aromatic rings. The fourth-order valence-corrected chi connectivity index (χ4v) is 0. The molecule has 0 aromatic carbocycles. The summed E-state index contributed by atoms with van der Waals surface area (Å²) < 4.78 is 0. The van der Waals surface area contributed by atoms with Crippen LogP contribution in [0.4, 0.5) is 0 Å². The van der Waals surface area contributed by atoms with Crippen LogP contribution in [0.2, 0.25) is 15.9 Å². The summed E-state index contributed by atoms with van der Waals surface area (Å²) in [4.78, 5) is 0. The van der Waals surface area contributed by atoms with Crippen LogP contribution in [0.3, 0.4) is 0 Å². The molecule has 0 N–H and O–H groups in total. The molecule has 5 heavy (non-hydrogen) atoms. The van der Waals surface area contributed by atoms with Crippen LogP contribution in [0.25, 0.3) is 0 Å². The second-order valence-corrected chi connectivity index (χ2v) is 21.4. The zero-order valence-electron chi connectivity index (χ0n) is 3.79. The second-order valence-electron chi connectivity index (χ2n) is 1.69. The van der Waals surface area contributed by atoms with Gasteiger partial charge in [0.25, 0.3) is 0 Å². The summed E-state index contributed by atoms with van der Waals surface area (Å²) in [7, 11) is 5.74. The van der Waals surface area contributed by atoms with Gasteiger partial charge in [0.15, 0.2) is 0 Å². The van der Waals surface area contributed by atoms with E-state index in [4.69, 9.17) is 9.42 Å². The van der Waals surface area contributed by atoms with E-state index >= 15 is 0 Å². The molecule has 0 aliphatic carbocycles. The maximum absolute atomic E-state index is 5.74. The summed E-state index contributed by atoms with van der Waals surface area (Å²) in [5, 5.41) is 6.48. The van der Waals surface area contributed by atoms with Crippen LogP contribution in [0.1, 0.15) is 0 Å². The van der Waals surface area contributed by atoms with Crippen molar-refractivity contribution in [2.24, 2.45) is 0 Å². The molecule has 0 heterocycles. The van der Waals surface area contributed by atoms with Crippen LogP contribution < -0.4 is 0 Å². The Morgan fingerprint density at radius 2 is 1.20 bits per heavy atom. The predicted molar refractivity (Wildman–Crippen MR) is 23.4 cm³/mol. The molecule has 0 amide bonds. The van der Waals surface area contributed by atoms with Gasteiger partial charge in [-0.2, -0.15) is 0 Å². The molecule has 0 spiro atoms. The molecule has 34 valence electrons. The molecule has 0 saturated carbocycles. The summed E-state index contributed by atoms with van der Waals surface area (Å²) in [6.45, 7) is 0. The Morgan fingerprint density at radius 1 is 1.20 bits per heavy atom. The van der Waals surface area contributed by atoms with Crippen LogP contribution in [0.15, 0.2) is 0 Å². The Morgan fingerprint density at radius 3 is 1.20 bits per heavy atom. The first-order valence-electron chi connectivity index (χ1n) is 1.38. The van der Waals surface area contributed by atoms with E-state index in [9.17, 15) is 0 Å². The van der Waals surface area contributed by atoms with Crippen molar-refractivity contribution >= 4 is 9.42 Å². The van der Waals surface area contributed by atoms with Crippen molar-refractivity contribution in [2.75, 3.05) is 0 Å². The first-order valence-corrected chi connectivity index (χ1v) is 13.8. The van der Waals surface area contributed by atoms with Crippen molar-refractivity contribution in [3.8, 4) is 0 Å². The quantitative estimate of drug-likeness (QED) is 0.630. The molecular weight excluding hydrogens is 255 g/mol. The predicted octanol–water partition coefficient (Wildman–Crippen LogP) is 2.44.